The van der Waals surface area contributed by atoms with Gasteiger partial charge in [0.1, 0.15) is 5.75 Å². The average molecular weight is 417 g/mol. The number of hydrazine groups is 1. The fourth-order valence-electron chi connectivity index (χ4n) is 2.23. The maximum atomic E-state index is 12.2. The van der Waals surface area contributed by atoms with Crippen molar-refractivity contribution in [3.63, 3.8) is 0 Å². The molecule has 0 saturated carbocycles. The van der Waals surface area contributed by atoms with E-state index in [0.29, 0.717) is 17.9 Å². The number of amides is 2. The Morgan fingerprint density at radius 1 is 1.03 bits per heavy atom. The van der Waals surface area contributed by atoms with Crippen molar-refractivity contribution in [1.82, 2.24) is 15.2 Å². The number of benzene rings is 2. The Labute approximate surface area is 170 Å². The molecule has 0 fully saturated rings. The summed E-state index contributed by atoms with van der Waals surface area (Å²) in [6, 6.07) is 15.3. The number of hydrogen-bond donors (Lipinski definition) is 2. The van der Waals surface area contributed by atoms with Crippen LogP contribution in [0.2, 0.25) is 0 Å². The average Bonchev–Trinajstić information content (AvgIpc) is 2.72. The molecule has 0 aliphatic rings. The van der Waals surface area contributed by atoms with Gasteiger partial charge in [0, 0.05) is 18.0 Å². The number of carbonyl (C=O) groups is 2. The number of carbonyl (C=O) groups excluding carboxylic acids is 2. The van der Waals surface area contributed by atoms with Crippen molar-refractivity contribution in [2.24, 2.45) is 0 Å². The highest BCUT2D eigenvalue weighted by atomic mass is 32.2. The lowest BCUT2D eigenvalue weighted by molar-refractivity contribution is -0.121. The Kier molecular flexibility index (Phi) is 7.93. The molecule has 9 heteroatoms. The van der Waals surface area contributed by atoms with E-state index in [1.54, 1.807) is 48.5 Å². The number of likely N-dealkylation sites (N-methyl/N-ethyl adjacent to an activating group) is 1. The van der Waals surface area contributed by atoms with E-state index in [9.17, 15) is 18.0 Å². The third-order valence-electron chi connectivity index (χ3n) is 3.78. The summed E-state index contributed by atoms with van der Waals surface area (Å²) in [6.45, 7) is 1.91. The minimum atomic E-state index is -3.79. The maximum Gasteiger partial charge on any atom is 0.269 e. The number of ether oxygens (including phenoxy) is 1. The molecule has 8 nitrogen and oxygen atoms in total. The van der Waals surface area contributed by atoms with Crippen LogP contribution in [0, 0.1) is 0 Å². The molecular formula is C20H23N3O5S. The lowest BCUT2D eigenvalue weighted by Crippen LogP contribution is -2.46. The first-order chi connectivity index (χ1) is 13.8. The van der Waals surface area contributed by atoms with Gasteiger partial charge < -0.3 is 4.74 Å². The van der Waals surface area contributed by atoms with E-state index < -0.39 is 28.4 Å². The molecule has 0 saturated heterocycles. The molecule has 0 spiro atoms. The molecule has 154 valence electrons. The Bertz CT molecular complexity index is 957. The van der Waals surface area contributed by atoms with Gasteiger partial charge in [0.25, 0.3) is 11.8 Å². The van der Waals surface area contributed by atoms with Crippen molar-refractivity contribution >= 4 is 27.9 Å². The largest absolute Gasteiger partial charge is 0.494 e. The van der Waals surface area contributed by atoms with Crippen molar-refractivity contribution in [1.29, 1.82) is 0 Å². The van der Waals surface area contributed by atoms with Gasteiger partial charge in [0.2, 0.25) is 10.0 Å². The van der Waals surface area contributed by atoms with Gasteiger partial charge in [0.05, 0.1) is 13.2 Å². The number of sulfonamides is 1. The molecule has 0 aliphatic carbocycles. The van der Waals surface area contributed by atoms with Crippen LogP contribution in [0.25, 0.3) is 6.08 Å². The maximum absolute atomic E-state index is 12.2. The zero-order valence-electron chi connectivity index (χ0n) is 16.2. The molecule has 2 amide bonds. The summed E-state index contributed by atoms with van der Waals surface area (Å²) in [5.74, 6) is -0.581. The smallest absolute Gasteiger partial charge is 0.269 e. The summed E-state index contributed by atoms with van der Waals surface area (Å²) in [6.07, 6.45) is 1.44. The van der Waals surface area contributed by atoms with Gasteiger partial charge >= 0.3 is 0 Å². The molecular weight excluding hydrogens is 394 g/mol. The van der Waals surface area contributed by atoms with Gasteiger partial charge in [-0.1, -0.05) is 30.3 Å². The molecule has 0 unspecified atom stereocenters. The van der Waals surface area contributed by atoms with E-state index in [4.69, 9.17) is 4.74 Å². The second kappa shape index (κ2) is 10.4. The highest BCUT2D eigenvalue weighted by Gasteiger charge is 2.18. The first-order valence-electron chi connectivity index (χ1n) is 8.83. The number of hydrogen-bond acceptors (Lipinski definition) is 5. The van der Waals surface area contributed by atoms with Crippen molar-refractivity contribution in [3.05, 3.63) is 71.1 Å². The zero-order valence-corrected chi connectivity index (χ0v) is 17.0. The molecule has 0 bridgehead atoms. The predicted molar refractivity (Wildman–Crippen MR) is 110 cm³/mol. The molecule has 2 aromatic rings. The van der Waals surface area contributed by atoms with Crippen molar-refractivity contribution in [3.8, 4) is 5.75 Å². The highest BCUT2D eigenvalue weighted by Crippen LogP contribution is 2.11. The van der Waals surface area contributed by atoms with Crippen LogP contribution in [0.4, 0.5) is 0 Å². The number of nitrogens with one attached hydrogen (secondary N) is 2. The normalized spacial score (nSPS) is 11.4. The van der Waals surface area contributed by atoms with Crippen LogP contribution in [0.1, 0.15) is 22.8 Å². The minimum Gasteiger partial charge on any atom is -0.494 e. The third kappa shape index (κ3) is 7.05. The SMILES string of the molecule is CCOc1ccc(C(=O)NNC(=O)CN(C)S(=O)(=O)/C=C/c2ccccc2)cc1. The van der Waals surface area contributed by atoms with Gasteiger partial charge in [-0.25, -0.2) is 8.42 Å². The summed E-state index contributed by atoms with van der Waals surface area (Å²) < 4.78 is 30.7. The van der Waals surface area contributed by atoms with E-state index >= 15 is 0 Å². The van der Waals surface area contributed by atoms with Crippen LogP contribution >= 0.6 is 0 Å². The highest BCUT2D eigenvalue weighted by molar-refractivity contribution is 7.92. The quantitative estimate of drug-likeness (QED) is 0.637. The second-order valence-corrected chi connectivity index (χ2v) is 7.90. The van der Waals surface area contributed by atoms with Crippen LogP contribution in [-0.4, -0.2) is 44.7 Å². The molecule has 2 aromatic carbocycles. The third-order valence-corrected chi connectivity index (χ3v) is 5.25. The zero-order chi connectivity index (χ0) is 21.3. The molecule has 2 N–H and O–H groups in total. The topological polar surface area (TPSA) is 105 Å². The Hall–Kier alpha value is -3.17. The van der Waals surface area contributed by atoms with Crippen LogP contribution in [0.15, 0.2) is 60.0 Å². The number of rotatable bonds is 8. The molecule has 0 aromatic heterocycles. The monoisotopic (exact) mass is 417 g/mol. The molecule has 0 radical (unpaired) electrons. The molecule has 0 heterocycles. The van der Waals surface area contributed by atoms with E-state index in [2.05, 4.69) is 10.9 Å². The lowest BCUT2D eigenvalue weighted by Gasteiger charge is -2.14. The van der Waals surface area contributed by atoms with Crippen molar-refractivity contribution in [2.45, 2.75) is 6.92 Å². The Morgan fingerprint density at radius 3 is 2.31 bits per heavy atom. The van der Waals surface area contributed by atoms with Gasteiger partial charge in [-0.05, 0) is 42.8 Å². The molecule has 29 heavy (non-hydrogen) atoms. The predicted octanol–water partition coefficient (Wildman–Crippen LogP) is 1.78. The first-order valence-corrected chi connectivity index (χ1v) is 10.3. The summed E-state index contributed by atoms with van der Waals surface area (Å²) >= 11 is 0. The Balaban J connectivity index is 1.86. The van der Waals surface area contributed by atoms with Crippen LogP contribution < -0.4 is 15.6 Å². The van der Waals surface area contributed by atoms with Gasteiger partial charge in [-0.15, -0.1) is 0 Å². The van der Waals surface area contributed by atoms with Crippen molar-refractivity contribution in [2.75, 3.05) is 20.2 Å². The van der Waals surface area contributed by atoms with Gasteiger partial charge in [-0.3, -0.25) is 20.4 Å². The number of nitrogens with zero attached hydrogens (tertiary/aromatic N) is 1. The molecule has 0 aliphatic heterocycles. The molecule has 0 atom stereocenters. The summed E-state index contributed by atoms with van der Waals surface area (Å²) in [5, 5.41) is 1.02. The van der Waals surface area contributed by atoms with Crippen LogP contribution in [0.3, 0.4) is 0 Å². The fourth-order valence-corrected chi connectivity index (χ4v) is 3.07. The van der Waals surface area contributed by atoms with Crippen molar-refractivity contribution < 1.29 is 22.7 Å². The second-order valence-electron chi connectivity index (χ2n) is 5.97. The van der Waals surface area contributed by atoms with E-state index in [0.717, 1.165) is 15.3 Å². The molecule has 2 rings (SSSR count). The van der Waals surface area contributed by atoms with Crippen LogP contribution in [0.5, 0.6) is 5.75 Å². The standard InChI is InChI=1S/C20H23N3O5S/c1-3-28-18-11-9-17(10-12-18)20(25)22-21-19(24)15-23(2)29(26,27)14-13-16-7-5-4-6-8-16/h4-14H,3,15H2,1-2H3,(H,21,24)(H,22,25)/b14-13+. The van der Waals surface area contributed by atoms with Crippen LogP contribution in [-0.2, 0) is 14.8 Å². The Morgan fingerprint density at radius 2 is 1.69 bits per heavy atom. The fraction of sp³-hybridized carbons (Fsp3) is 0.200. The minimum absolute atomic E-state index is 0.320. The van der Waals surface area contributed by atoms with Gasteiger partial charge in [-0.2, -0.15) is 4.31 Å². The van der Waals surface area contributed by atoms with E-state index in [-0.39, 0.29) is 0 Å². The van der Waals surface area contributed by atoms with E-state index in [1.807, 2.05) is 13.0 Å². The summed E-state index contributed by atoms with van der Waals surface area (Å²) in [4.78, 5) is 24.0. The van der Waals surface area contributed by atoms with Gasteiger partial charge in [0.15, 0.2) is 0 Å². The summed E-state index contributed by atoms with van der Waals surface area (Å²) in [5.41, 5.74) is 5.48. The lowest BCUT2D eigenvalue weighted by atomic mass is 10.2. The summed E-state index contributed by atoms with van der Waals surface area (Å²) in [7, 11) is -2.51. The first kappa shape index (κ1) is 22.1. The van der Waals surface area contributed by atoms with E-state index in [1.165, 1.54) is 13.1 Å².